The van der Waals surface area contributed by atoms with Crippen molar-refractivity contribution in [3.05, 3.63) is 65.6 Å². The number of likely N-dealkylation sites (tertiary alicyclic amines) is 1. The van der Waals surface area contributed by atoms with Gasteiger partial charge in [-0.2, -0.15) is 5.26 Å². The average Bonchev–Trinajstić information content (AvgIpc) is 3.34. The number of amides is 1. The minimum atomic E-state index is -3.10. The molecule has 1 fully saturated rings. The number of Topliss-reactive ketones (excluding diaryl/α,β-unsaturated/α-hetero) is 1. The van der Waals surface area contributed by atoms with Crippen LogP contribution in [0.5, 0.6) is 0 Å². The molecule has 0 aromatic carbocycles. The van der Waals surface area contributed by atoms with E-state index in [1.807, 2.05) is 0 Å². The highest BCUT2D eigenvalue weighted by Gasteiger charge is 2.47. The molecule has 10 heteroatoms. The number of halogens is 3. The molecule has 0 radical (unpaired) electrons. The number of imidazole rings is 1. The molecule has 33 heavy (non-hydrogen) atoms. The van der Waals surface area contributed by atoms with E-state index in [1.165, 1.54) is 41.2 Å². The third-order valence-electron chi connectivity index (χ3n) is 5.32. The third kappa shape index (κ3) is 4.92. The Morgan fingerprint density at radius 1 is 1.21 bits per heavy atom. The Hall–Kier alpha value is -4.00. The number of rotatable bonds is 6. The van der Waals surface area contributed by atoms with Crippen molar-refractivity contribution in [2.24, 2.45) is 0 Å². The molecule has 168 valence electrons. The molecule has 1 atom stereocenters. The molecule has 0 spiro atoms. The summed E-state index contributed by atoms with van der Waals surface area (Å²) < 4.78 is 42.0. The van der Waals surface area contributed by atoms with Crippen LogP contribution < -0.4 is 0 Å². The summed E-state index contributed by atoms with van der Waals surface area (Å²) in [4.78, 5) is 34.3. The van der Waals surface area contributed by atoms with Crippen molar-refractivity contribution in [2.75, 3.05) is 6.54 Å². The second-order valence-electron chi connectivity index (χ2n) is 7.72. The normalized spacial score (nSPS) is 17.5. The first-order valence-corrected chi connectivity index (χ1v) is 10.1. The van der Waals surface area contributed by atoms with Gasteiger partial charge in [0.1, 0.15) is 17.5 Å². The number of nitriles is 1. The number of aromatic nitrogens is 3. The predicted octanol–water partition coefficient (Wildman–Crippen LogP) is 3.76. The molecule has 4 heterocycles. The summed E-state index contributed by atoms with van der Waals surface area (Å²) >= 11 is 0. The summed E-state index contributed by atoms with van der Waals surface area (Å²) in [5.41, 5.74) is 1.89. The zero-order valence-corrected chi connectivity index (χ0v) is 17.3. The number of ketones is 1. The first-order valence-electron chi connectivity index (χ1n) is 10.1. The predicted molar refractivity (Wildman–Crippen MR) is 113 cm³/mol. The van der Waals surface area contributed by atoms with Crippen molar-refractivity contribution < 1.29 is 22.8 Å². The van der Waals surface area contributed by atoms with E-state index in [9.17, 15) is 22.8 Å². The Morgan fingerprint density at radius 2 is 2.03 bits per heavy atom. The number of alkyl halides is 2. The number of fused-ring (bicyclic) bond motifs is 1. The van der Waals surface area contributed by atoms with Gasteiger partial charge in [-0.1, -0.05) is 6.08 Å². The van der Waals surface area contributed by atoms with Crippen LogP contribution in [-0.2, 0) is 4.79 Å². The molecule has 0 saturated carbocycles. The molecular weight excluding hydrogens is 435 g/mol. The van der Waals surface area contributed by atoms with Gasteiger partial charge >= 0.3 is 0 Å². The minimum absolute atomic E-state index is 0.197. The lowest BCUT2D eigenvalue weighted by Gasteiger charge is -2.18. The maximum atomic E-state index is 13.6. The molecule has 1 aliphatic rings. The van der Waals surface area contributed by atoms with Crippen LogP contribution >= 0.6 is 0 Å². The number of carbonyl (C=O) groups is 2. The largest absolute Gasteiger partial charge is 0.320 e. The second kappa shape index (κ2) is 8.86. The van der Waals surface area contributed by atoms with Gasteiger partial charge in [0.05, 0.1) is 18.3 Å². The molecule has 0 aliphatic carbocycles. The molecular formula is C23H18F3N5O2. The summed E-state index contributed by atoms with van der Waals surface area (Å²) in [5.74, 6) is -4.52. The highest BCUT2D eigenvalue weighted by Crippen LogP contribution is 2.32. The van der Waals surface area contributed by atoms with Gasteiger partial charge in [-0.25, -0.2) is 18.2 Å². The monoisotopic (exact) mass is 453 g/mol. The molecule has 0 unspecified atom stereocenters. The summed E-state index contributed by atoms with van der Waals surface area (Å²) in [5, 5.41) is 9.04. The van der Waals surface area contributed by atoms with Crippen LogP contribution in [0.3, 0.4) is 0 Å². The minimum Gasteiger partial charge on any atom is -0.320 e. The van der Waals surface area contributed by atoms with Crippen molar-refractivity contribution in [2.45, 2.75) is 31.2 Å². The fourth-order valence-electron chi connectivity index (χ4n) is 3.73. The Bertz CT molecular complexity index is 1290. The lowest BCUT2D eigenvalue weighted by molar-refractivity contribution is -0.132. The number of pyridine rings is 2. The topological polar surface area (TPSA) is 91.4 Å². The van der Waals surface area contributed by atoms with E-state index in [0.717, 1.165) is 4.90 Å². The number of hydrogen-bond donors (Lipinski definition) is 0. The Kier molecular flexibility index (Phi) is 5.96. The quantitative estimate of drug-likeness (QED) is 0.530. The molecule has 7 nitrogen and oxygen atoms in total. The third-order valence-corrected chi connectivity index (χ3v) is 5.32. The lowest BCUT2D eigenvalue weighted by Crippen LogP contribution is -2.36. The van der Waals surface area contributed by atoms with Crippen LogP contribution in [-0.4, -0.2) is 49.5 Å². The van der Waals surface area contributed by atoms with E-state index in [0.29, 0.717) is 22.5 Å². The highest BCUT2D eigenvalue weighted by atomic mass is 19.3. The fraction of sp³-hybridized carbons (Fsp3) is 0.261. The Balaban J connectivity index is 1.45. The van der Waals surface area contributed by atoms with Crippen molar-refractivity contribution in [3.63, 3.8) is 0 Å². The standard InChI is InChI=1S/C23H18F3N5O2/c24-16-2-5-21-29-17(13-30(21)12-16)3-1-15-11-28-8-7-19(15)20(32)4-6-22(33)31-14-23(25,26)9-18(31)10-27/h1-3,5,7-8,11-13,18H,4,6,9,14H2/b3-1+/t18-/m0/s1. The van der Waals surface area contributed by atoms with E-state index in [2.05, 4.69) is 9.97 Å². The zero-order valence-electron chi connectivity index (χ0n) is 17.3. The average molecular weight is 453 g/mol. The van der Waals surface area contributed by atoms with Crippen LogP contribution in [0.4, 0.5) is 13.2 Å². The molecule has 0 N–H and O–H groups in total. The van der Waals surface area contributed by atoms with Crippen molar-refractivity contribution >= 4 is 29.5 Å². The summed E-state index contributed by atoms with van der Waals surface area (Å²) in [6.45, 7) is -0.815. The van der Waals surface area contributed by atoms with E-state index < -0.39 is 36.7 Å². The molecule has 1 aliphatic heterocycles. The van der Waals surface area contributed by atoms with Crippen molar-refractivity contribution in [1.82, 2.24) is 19.3 Å². The number of hydrogen-bond acceptors (Lipinski definition) is 5. The van der Waals surface area contributed by atoms with Gasteiger partial charge in [-0.3, -0.25) is 14.6 Å². The van der Waals surface area contributed by atoms with Gasteiger partial charge in [0.2, 0.25) is 5.91 Å². The molecule has 0 bridgehead atoms. The van der Waals surface area contributed by atoms with Crippen LogP contribution in [0.15, 0.2) is 43.0 Å². The van der Waals surface area contributed by atoms with Gasteiger partial charge in [-0.05, 0) is 24.3 Å². The van der Waals surface area contributed by atoms with Gasteiger partial charge in [0, 0.05) is 55.2 Å². The zero-order chi connectivity index (χ0) is 23.6. The molecule has 1 saturated heterocycles. The van der Waals surface area contributed by atoms with Crippen LogP contribution in [0.2, 0.25) is 0 Å². The number of nitrogens with zero attached hydrogens (tertiary/aromatic N) is 5. The molecule has 3 aromatic heterocycles. The van der Waals surface area contributed by atoms with E-state index in [1.54, 1.807) is 24.4 Å². The van der Waals surface area contributed by atoms with Crippen molar-refractivity contribution in [1.29, 1.82) is 5.26 Å². The Morgan fingerprint density at radius 3 is 2.82 bits per heavy atom. The van der Waals surface area contributed by atoms with Crippen LogP contribution in [0.25, 0.3) is 17.8 Å². The maximum Gasteiger partial charge on any atom is 0.268 e. The van der Waals surface area contributed by atoms with Crippen LogP contribution in [0.1, 0.15) is 40.9 Å². The molecule has 4 rings (SSSR count). The first-order chi connectivity index (χ1) is 15.8. The van der Waals surface area contributed by atoms with Gasteiger partial charge in [0.25, 0.3) is 5.92 Å². The van der Waals surface area contributed by atoms with Gasteiger partial charge < -0.3 is 9.30 Å². The highest BCUT2D eigenvalue weighted by molar-refractivity contribution is 6.01. The smallest absolute Gasteiger partial charge is 0.268 e. The first kappa shape index (κ1) is 22.2. The summed E-state index contributed by atoms with van der Waals surface area (Å²) in [6.07, 6.45) is 7.94. The Labute approximate surface area is 186 Å². The molecule has 3 aromatic rings. The molecule has 1 amide bonds. The van der Waals surface area contributed by atoms with E-state index in [-0.39, 0.29) is 18.6 Å². The fourth-order valence-corrected chi connectivity index (χ4v) is 3.73. The van der Waals surface area contributed by atoms with Crippen LogP contribution in [0, 0.1) is 17.1 Å². The van der Waals surface area contributed by atoms with Crippen molar-refractivity contribution in [3.8, 4) is 6.07 Å². The maximum absolute atomic E-state index is 13.6. The van der Waals surface area contributed by atoms with E-state index >= 15 is 0 Å². The lowest BCUT2D eigenvalue weighted by atomic mass is 10.0. The summed E-state index contributed by atoms with van der Waals surface area (Å²) in [6, 6.07) is 4.87. The van der Waals surface area contributed by atoms with Gasteiger partial charge in [0.15, 0.2) is 5.78 Å². The summed E-state index contributed by atoms with van der Waals surface area (Å²) in [7, 11) is 0. The van der Waals surface area contributed by atoms with E-state index in [4.69, 9.17) is 5.26 Å². The second-order valence-corrected chi connectivity index (χ2v) is 7.72. The SMILES string of the molecule is N#C[C@@H]1CC(F)(F)CN1C(=O)CCC(=O)c1ccncc1/C=C/c1cn2cc(F)ccc2n1. The number of carbonyl (C=O) groups excluding carboxylic acids is 2. The van der Waals surface area contributed by atoms with Gasteiger partial charge in [-0.15, -0.1) is 0 Å².